The van der Waals surface area contributed by atoms with Crippen molar-refractivity contribution in [3.8, 4) is 0 Å². The minimum atomic E-state index is -0.371. The number of hydrogen-bond acceptors (Lipinski definition) is 5. The molecule has 5 nitrogen and oxygen atoms in total. The van der Waals surface area contributed by atoms with Gasteiger partial charge in [0, 0.05) is 37.8 Å². The van der Waals surface area contributed by atoms with Crippen molar-refractivity contribution in [3.63, 3.8) is 0 Å². The number of benzene rings is 1. The lowest BCUT2D eigenvalue weighted by molar-refractivity contribution is 0.0601. The van der Waals surface area contributed by atoms with Crippen molar-refractivity contribution in [1.29, 1.82) is 0 Å². The topological polar surface area (TPSA) is 45.7 Å². The van der Waals surface area contributed by atoms with E-state index in [-0.39, 0.29) is 42.6 Å². The lowest BCUT2D eigenvalue weighted by Crippen LogP contribution is -2.30. The van der Waals surface area contributed by atoms with Gasteiger partial charge in [-0.3, -0.25) is 4.90 Å². The van der Waals surface area contributed by atoms with E-state index < -0.39 is 0 Å². The van der Waals surface area contributed by atoms with Crippen molar-refractivity contribution in [2.75, 3.05) is 38.7 Å². The Morgan fingerprint density at radius 2 is 1.96 bits per heavy atom. The maximum atomic E-state index is 13.7. The molecule has 0 unspecified atom stereocenters. The second kappa shape index (κ2) is 9.07. The molecule has 2 aliphatic rings. The maximum absolute atomic E-state index is 13.7. The summed E-state index contributed by atoms with van der Waals surface area (Å²) in [5.74, 6) is 0.931. The van der Waals surface area contributed by atoms with Gasteiger partial charge in [-0.15, -0.1) is 24.8 Å². The highest BCUT2D eigenvalue weighted by molar-refractivity contribution is 5.94. The molecule has 1 aromatic carbocycles. The van der Waals surface area contributed by atoms with Crippen LogP contribution in [0, 0.1) is 17.7 Å². The Labute approximate surface area is 176 Å². The number of fused-ring (bicyclic) bond motifs is 1. The zero-order chi connectivity index (χ0) is 18.3. The monoisotopic (exact) mass is 427 g/mol. The van der Waals surface area contributed by atoms with Crippen molar-refractivity contribution >= 4 is 36.6 Å². The standard InChI is InChI=1S/C20H22FN3O2.2ClH/c1-23-10-14-11-24(19-16(20(25)26-2)7-4-8-22-19)12-17(14)18(23)13-5-3-6-15(21)9-13;;/h3-9,14,17-18H,10-12H2,1-2H3;2*1H/t14-,17+,18-;;/m0../s1. The number of aromatic nitrogens is 1. The number of hydrogen-bond donors (Lipinski definition) is 0. The van der Waals surface area contributed by atoms with Gasteiger partial charge in [-0.2, -0.15) is 0 Å². The van der Waals surface area contributed by atoms with Crippen LogP contribution in [0.3, 0.4) is 0 Å². The minimum absolute atomic E-state index is 0. The third-order valence-electron chi connectivity index (χ3n) is 5.58. The highest BCUT2D eigenvalue weighted by Gasteiger charge is 2.47. The van der Waals surface area contributed by atoms with Crippen molar-refractivity contribution in [2.45, 2.75) is 6.04 Å². The summed E-state index contributed by atoms with van der Waals surface area (Å²) < 4.78 is 18.6. The number of esters is 1. The molecular weight excluding hydrogens is 404 g/mol. The van der Waals surface area contributed by atoms with E-state index in [9.17, 15) is 9.18 Å². The summed E-state index contributed by atoms with van der Waals surface area (Å²) in [7, 11) is 3.48. The van der Waals surface area contributed by atoms with Gasteiger partial charge in [-0.1, -0.05) is 12.1 Å². The van der Waals surface area contributed by atoms with Gasteiger partial charge < -0.3 is 9.64 Å². The zero-order valence-corrected chi connectivity index (χ0v) is 17.4. The maximum Gasteiger partial charge on any atom is 0.341 e. The highest BCUT2D eigenvalue weighted by Crippen LogP contribution is 2.45. The van der Waals surface area contributed by atoms with Crippen LogP contribution in [0.5, 0.6) is 0 Å². The van der Waals surface area contributed by atoms with Crippen LogP contribution in [-0.2, 0) is 4.74 Å². The number of anilines is 1. The summed E-state index contributed by atoms with van der Waals surface area (Å²) in [6.45, 7) is 2.57. The van der Waals surface area contributed by atoms with E-state index in [1.807, 2.05) is 6.07 Å². The number of carbonyl (C=O) groups excluding carboxylic acids is 1. The predicted molar refractivity (Wildman–Crippen MR) is 111 cm³/mol. The van der Waals surface area contributed by atoms with Gasteiger partial charge in [-0.25, -0.2) is 14.2 Å². The predicted octanol–water partition coefficient (Wildman–Crippen LogP) is 3.59. The van der Waals surface area contributed by atoms with Gasteiger partial charge in [0.1, 0.15) is 17.2 Å². The first kappa shape index (κ1) is 22.4. The molecule has 2 aromatic rings. The van der Waals surface area contributed by atoms with E-state index in [1.54, 1.807) is 30.5 Å². The van der Waals surface area contributed by atoms with E-state index in [0.29, 0.717) is 23.2 Å². The van der Waals surface area contributed by atoms with Crippen molar-refractivity contribution in [2.24, 2.45) is 11.8 Å². The quantitative estimate of drug-likeness (QED) is 0.700. The number of halogens is 3. The molecular formula is C20H24Cl2FN3O2. The number of carbonyl (C=O) groups is 1. The number of methoxy groups -OCH3 is 1. The van der Waals surface area contributed by atoms with Gasteiger partial charge >= 0.3 is 5.97 Å². The first-order valence-electron chi connectivity index (χ1n) is 8.82. The highest BCUT2D eigenvalue weighted by atomic mass is 35.5. The van der Waals surface area contributed by atoms with Crippen LogP contribution in [0.2, 0.25) is 0 Å². The Kier molecular flexibility index (Phi) is 7.26. The molecule has 28 heavy (non-hydrogen) atoms. The van der Waals surface area contributed by atoms with Gasteiger partial charge in [-0.05, 0) is 42.8 Å². The Morgan fingerprint density at radius 1 is 1.18 bits per heavy atom. The van der Waals surface area contributed by atoms with E-state index in [4.69, 9.17) is 4.74 Å². The van der Waals surface area contributed by atoms with Crippen molar-refractivity contribution in [1.82, 2.24) is 9.88 Å². The van der Waals surface area contributed by atoms with Crippen molar-refractivity contribution in [3.05, 3.63) is 59.5 Å². The van der Waals surface area contributed by atoms with E-state index in [2.05, 4.69) is 21.8 Å². The summed E-state index contributed by atoms with van der Waals surface area (Å²) in [5.41, 5.74) is 1.50. The van der Waals surface area contributed by atoms with Gasteiger partial charge in [0.15, 0.2) is 0 Å². The SMILES string of the molecule is COC(=O)c1cccnc1N1C[C@@H]2CN(C)[C@@H](c3cccc(F)c3)[C@@H]2C1.Cl.Cl. The molecule has 2 aliphatic heterocycles. The second-order valence-corrected chi connectivity index (χ2v) is 7.13. The average Bonchev–Trinajstić information content (AvgIpc) is 3.17. The Balaban J connectivity index is 0.00000140. The van der Waals surface area contributed by atoms with Crippen LogP contribution in [0.25, 0.3) is 0 Å². The first-order valence-corrected chi connectivity index (χ1v) is 8.82. The zero-order valence-electron chi connectivity index (χ0n) is 15.7. The van der Waals surface area contributed by atoms with E-state index in [0.717, 1.165) is 25.2 Å². The third kappa shape index (κ3) is 3.95. The lowest BCUT2D eigenvalue weighted by Gasteiger charge is -2.27. The molecule has 0 aliphatic carbocycles. The van der Waals surface area contributed by atoms with Crippen molar-refractivity contribution < 1.29 is 13.9 Å². The van der Waals surface area contributed by atoms with Crippen LogP contribution in [0.4, 0.5) is 10.2 Å². The summed E-state index contributed by atoms with van der Waals surface area (Å²) in [6.07, 6.45) is 1.70. The molecule has 2 saturated heterocycles. The van der Waals surface area contributed by atoms with Crippen LogP contribution < -0.4 is 4.90 Å². The fourth-order valence-corrected chi connectivity index (χ4v) is 4.54. The normalized spacial score (nSPS) is 23.5. The van der Waals surface area contributed by atoms with Crippen LogP contribution >= 0.6 is 24.8 Å². The van der Waals surface area contributed by atoms with Gasteiger partial charge in [0.25, 0.3) is 0 Å². The largest absolute Gasteiger partial charge is 0.465 e. The van der Waals surface area contributed by atoms with Gasteiger partial charge in [0.05, 0.1) is 7.11 Å². The average molecular weight is 428 g/mol. The van der Waals surface area contributed by atoms with Crippen LogP contribution in [0.15, 0.2) is 42.6 Å². The molecule has 0 radical (unpaired) electrons. The number of likely N-dealkylation sites (tertiary alicyclic amines) is 1. The molecule has 0 amide bonds. The minimum Gasteiger partial charge on any atom is -0.465 e. The van der Waals surface area contributed by atoms with E-state index in [1.165, 1.54) is 13.2 Å². The summed E-state index contributed by atoms with van der Waals surface area (Å²) in [4.78, 5) is 21.0. The molecule has 0 spiro atoms. The third-order valence-corrected chi connectivity index (χ3v) is 5.58. The molecule has 4 rings (SSSR count). The number of ether oxygens (including phenoxy) is 1. The molecule has 0 saturated carbocycles. The number of nitrogens with zero attached hydrogens (tertiary/aromatic N) is 3. The molecule has 152 valence electrons. The number of pyridine rings is 1. The molecule has 2 fully saturated rings. The second-order valence-electron chi connectivity index (χ2n) is 7.13. The number of rotatable bonds is 3. The molecule has 3 atom stereocenters. The molecule has 1 aromatic heterocycles. The van der Waals surface area contributed by atoms with E-state index >= 15 is 0 Å². The van der Waals surface area contributed by atoms with Crippen LogP contribution in [-0.4, -0.2) is 49.6 Å². The van der Waals surface area contributed by atoms with Gasteiger partial charge in [0.2, 0.25) is 0 Å². The molecule has 3 heterocycles. The Hall–Kier alpha value is -1.89. The Bertz CT molecular complexity index is 839. The lowest BCUT2D eigenvalue weighted by atomic mass is 9.89. The fraction of sp³-hybridized carbons (Fsp3) is 0.400. The van der Waals surface area contributed by atoms with Crippen LogP contribution in [0.1, 0.15) is 22.0 Å². The molecule has 8 heteroatoms. The summed E-state index contributed by atoms with van der Waals surface area (Å²) in [5, 5.41) is 0. The Morgan fingerprint density at radius 3 is 2.68 bits per heavy atom. The molecule has 0 bridgehead atoms. The smallest absolute Gasteiger partial charge is 0.341 e. The first-order chi connectivity index (χ1) is 12.6. The summed E-state index contributed by atoms with van der Waals surface area (Å²) >= 11 is 0. The molecule has 0 N–H and O–H groups in total. The fourth-order valence-electron chi connectivity index (χ4n) is 4.54. The summed E-state index contributed by atoms with van der Waals surface area (Å²) in [6, 6.07) is 10.5.